The van der Waals surface area contributed by atoms with Crippen molar-refractivity contribution < 1.29 is 17.7 Å². The molecule has 136 valence electrons. The number of hydrogen-bond acceptors (Lipinski definition) is 5. The van der Waals surface area contributed by atoms with E-state index >= 15 is 0 Å². The minimum Gasteiger partial charge on any atom is -0.369 e. The first-order chi connectivity index (χ1) is 11.9. The van der Waals surface area contributed by atoms with Crippen molar-refractivity contribution in [1.29, 1.82) is 0 Å². The van der Waals surface area contributed by atoms with E-state index in [4.69, 9.17) is 4.52 Å². The standard InChI is InChI=1S/C17H21F3N4O/c1-3-15-21-16(25-22-15)12(2)23-7-9-24(10-8-23)14-6-4-5-13(11-14)17(18,19)20/h4-6,11-12H,3,7-10H2,1-2H3/t12-/m1/s1. The number of aryl methyl sites for hydroxylation is 1. The molecule has 8 heteroatoms. The lowest BCUT2D eigenvalue weighted by molar-refractivity contribution is -0.137. The molecule has 0 radical (unpaired) electrons. The monoisotopic (exact) mass is 354 g/mol. The fourth-order valence-corrected chi connectivity index (χ4v) is 2.98. The van der Waals surface area contributed by atoms with Gasteiger partial charge in [-0.15, -0.1) is 0 Å². The zero-order chi connectivity index (χ0) is 18.0. The summed E-state index contributed by atoms with van der Waals surface area (Å²) in [5.74, 6) is 1.27. The first-order valence-electron chi connectivity index (χ1n) is 8.37. The number of rotatable bonds is 4. The maximum Gasteiger partial charge on any atom is 0.416 e. The van der Waals surface area contributed by atoms with E-state index in [2.05, 4.69) is 15.0 Å². The summed E-state index contributed by atoms with van der Waals surface area (Å²) in [4.78, 5) is 8.54. The second kappa shape index (κ2) is 7.03. The number of anilines is 1. The Morgan fingerprint density at radius 2 is 1.92 bits per heavy atom. The number of alkyl halides is 3. The summed E-state index contributed by atoms with van der Waals surface area (Å²) in [7, 11) is 0. The lowest BCUT2D eigenvalue weighted by Crippen LogP contribution is -2.47. The number of piperazine rings is 1. The van der Waals surface area contributed by atoms with Crippen LogP contribution in [0.2, 0.25) is 0 Å². The largest absolute Gasteiger partial charge is 0.416 e. The average molecular weight is 354 g/mol. The second-order valence-corrected chi connectivity index (χ2v) is 6.15. The van der Waals surface area contributed by atoms with E-state index in [1.54, 1.807) is 6.07 Å². The van der Waals surface area contributed by atoms with Gasteiger partial charge < -0.3 is 9.42 Å². The molecule has 1 aliphatic heterocycles. The van der Waals surface area contributed by atoms with E-state index in [1.807, 2.05) is 18.7 Å². The first-order valence-corrected chi connectivity index (χ1v) is 8.37. The summed E-state index contributed by atoms with van der Waals surface area (Å²) in [6.07, 6.45) is -3.60. The fourth-order valence-electron chi connectivity index (χ4n) is 2.98. The fraction of sp³-hybridized carbons (Fsp3) is 0.529. The molecule has 1 saturated heterocycles. The Bertz CT molecular complexity index is 708. The molecule has 0 unspecified atom stereocenters. The van der Waals surface area contributed by atoms with E-state index in [1.165, 1.54) is 12.1 Å². The van der Waals surface area contributed by atoms with Crippen LogP contribution < -0.4 is 4.90 Å². The minimum atomic E-state index is -4.32. The van der Waals surface area contributed by atoms with Gasteiger partial charge in [0.1, 0.15) is 0 Å². The van der Waals surface area contributed by atoms with Gasteiger partial charge in [0.25, 0.3) is 0 Å². The van der Waals surface area contributed by atoms with Crippen molar-refractivity contribution in [1.82, 2.24) is 15.0 Å². The van der Waals surface area contributed by atoms with Crippen molar-refractivity contribution >= 4 is 5.69 Å². The lowest BCUT2D eigenvalue weighted by Gasteiger charge is -2.38. The SMILES string of the molecule is CCc1noc([C@@H](C)N2CCN(c3cccc(C(F)(F)F)c3)CC2)n1. The number of aromatic nitrogens is 2. The Labute approximate surface area is 144 Å². The molecule has 2 heterocycles. The van der Waals surface area contributed by atoms with Crippen molar-refractivity contribution in [3.63, 3.8) is 0 Å². The highest BCUT2D eigenvalue weighted by Gasteiger charge is 2.31. The van der Waals surface area contributed by atoms with Crippen LogP contribution in [0.15, 0.2) is 28.8 Å². The van der Waals surface area contributed by atoms with E-state index in [0.29, 0.717) is 30.5 Å². The molecule has 1 aromatic heterocycles. The molecule has 0 spiro atoms. The minimum absolute atomic E-state index is 0.00328. The van der Waals surface area contributed by atoms with Crippen LogP contribution in [-0.2, 0) is 12.6 Å². The molecule has 0 bridgehead atoms. The quantitative estimate of drug-likeness (QED) is 0.840. The Morgan fingerprint density at radius 3 is 2.52 bits per heavy atom. The van der Waals surface area contributed by atoms with Crippen molar-refractivity contribution in [3.05, 3.63) is 41.5 Å². The summed E-state index contributed by atoms with van der Waals surface area (Å²) >= 11 is 0. The zero-order valence-corrected chi connectivity index (χ0v) is 14.3. The Hall–Kier alpha value is -2.09. The summed E-state index contributed by atoms with van der Waals surface area (Å²) in [6.45, 7) is 6.73. The van der Waals surface area contributed by atoms with Gasteiger partial charge in [-0.05, 0) is 25.1 Å². The third kappa shape index (κ3) is 3.95. The number of benzene rings is 1. The van der Waals surface area contributed by atoms with Gasteiger partial charge in [0.2, 0.25) is 5.89 Å². The van der Waals surface area contributed by atoms with Gasteiger partial charge in [-0.2, -0.15) is 18.2 Å². The molecule has 1 fully saturated rings. The number of nitrogens with zero attached hydrogens (tertiary/aromatic N) is 4. The van der Waals surface area contributed by atoms with Crippen LogP contribution in [0.4, 0.5) is 18.9 Å². The molecular formula is C17H21F3N4O. The Balaban J connectivity index is 1.64. The van der Waals surface area contributed by atoms with Gasteiger partial charge >= 0.3 is 6.18 Å². The Kier molecular flexibility index (Phi) is 4.99. The normalized spacial score (nSPS) is 17.7. The predicted molar refractivity (Wildman–Crippen MR) is 87.3 cm³/mol. The van der Waals surface area contributed by atoms with Crippen LogP contribution in [0.5, 0.6) is 0 Å². The van der Waals surface area contributed by atoms with Gasteiger partial charge in [-0.25, -0.2) is 0 Å². The van der Waals surface area contributed by atoms with Crippen LogP contribution in [0.25, 0.3) is 0 Å². The molecule has 3 rings (SSSR count). The molecule has 1 aromatic carbocycles. The summed E-state index contributed by atoms with van der Waals surface area (Å²) < 4.78 is 43.9. The summed E-state index contributed by atoms with van der Waals surface area (Å²) in [5, 5.41) is 3.92. The topological polar surface area (TPSA) is 45.4 Å². The molecule has 2 aromatic rings. The van der Waals surface area contributed by atoms with E-state index in [-0.39, 0.29) is 6.04 Å². The van der Waals surface area contributed by atoms with Crippen molar-refractivity contribution in [2.75, 3.05) is 31.1 Å². The first kappa shape index (κ1) is 17.7. The van der Waals surface area contributed by atoms with Crippen molar-refractivity contribution in [2.45, 2.75) is 32.5 Å². The molecular weight excluding hydrogens is 333 g/mol. The third-order valence-corrected chi connectivity index (χ3v) is 4.56. The average Bonchev–Trinajstić information content (AvgIpc) is 3.10. The molecule has 0 saturated carbocycles. The van der Waals surface area contributed by atoms with Crippen LogP contribution >= 0.6 is 0 Å². The summed E-state index contributed by atoms with van der Waals surface area (Å²) in [6, 6.07) is 5.49. The van der Waals surface area contributed by atoms with E-state index in [0.717, 1.165) is 25.6 Å². The Morgan fingerprint density at radius 1 is 1.20 bits per heavy atom. The second-order valence-electron chi connectivity index (χ2n) is 6.15. The highest BCUT2D eigenvalue weighted by atomic mass is 19.4. The number of halogens is 3. The van der Waals surface area contributed by atoms with E-state index < -0.39 is 11.7 Å². The van der Waals surface area contributed by atoms with Crippen LogP contribution in [0.1, 0.15) is 37.2 Å². The summed E-state index contributed by atoms with van der Waals surface area (Å²) in [5.41, 5.74) is -0.00746. The molecule has 25 heavy (non-hydrogen) atoms. The molecule has 0 aliphatic carbocycles. The molecule has 1 aliphatic rings. The van der Waals surface area contributed by atoms with E-state index in [9.17, 15) is 13.2 Å². The van der Waals surface area contributed by atoms with Gasteiger partial charge in [-0.1, -0.05) is 18.1 Å². The highest BCUT2D eigenvalue weighted by molar-refractivity contribution is 5.49. The third-order valence-electron chi connectivity index (χ3n) is 4.56. The van der Waals surface area contributed by atoms with Crippen molar-refractivity contribution in [2.24, 2.45) is 0 Å². The van der Waals surface area contributed by atoms with Gasteiger partial charge in [0, 0.05) is 38.3 Å². The van der Waals surface area contributed by atoms with Crippen LogP contribution in [-0.4, -0.2) is 41.2 Å². The molecule has 0 amide bonds. The van der Waals surface area contributed by atoms with Crippen LogP contribution in [0, 0.1) is 0 Å². The zero-order valence-electron chi connectivity index (χ0n) is 14.3. The van der Waals surface area contributed by atoms with Gasteiger partial charge in [-0.3, -0.25) is 4.90 Å². The maximum absolute atomic E-state index is 12.9. The van der Waals surface area contributed by atoms with Crippen molar-refractivity contribution in [3.8, 4) is 0 Å². The highest BCUT2D eigenvalue weighted by Crippen LogP contribution is 2.32. The molecule has 1 atom stereocenters. The van der Waals surface area contributed by atoms with Crippen LogP contribution in [0.3, 0.4) is 0 Å². The molecule has 5 nitrogen and oxygen atoms in total. The van der Waals surface area contributed by atoms with Gasteiger partial charge in [0.15, 0.2) is 5.82 Å². The lowest BCUT2D eigenvalue weighted by atomic mass is 10.1. The number of hydrogen-bond donors (Lipinski definition) is 0. The smallest absolute Gasteiger partial charge is 0.369 e. The predicted octanol–water partition coefficient (Wildman–Crippen LogP) is 3.53. The maximum atomic E-state index is 12.9. The van der Waals surface area contributed by atoms with Gasteiger partial charge in [0.05, 0.1) is 11.6 Å². The molecule has 0 N–H and O–H groups in total.